The predicted molar refractivity (Wildman–Crippen MR) is 72.1 cm³/mol. The Hall–Kier alpha value is -1.10. The molecule has 1 aromatic heterocycles. The van der Waals surface area contributed by atoms with Crippen LogP contribution in [0.25, 0.3) is 0 Å². The highest BCUT2D eigenvalue weighted by molar-refractivity contribution is 5.25. The van der Waals surface area contributed by atoms with Crippen molar-refractivity contribution < 1.29 is 9.26 Å². The van der Waals surface area contributed by atoms with Gasteiger partial charge in [-0.3, -0.25) is 0 Å². The predicted octanol–water partition coefficient (Wildman–Crippen LogP) is 2.74. The van der Waals surface area contributed by atoms with Crippen LogP contribution in [0.1, 0.15) is 52.3 Å². The van der Waals surface area contributed by atoms with E-state index in [1.165, 1.54) is 12.8 Å². The molecule has 2 aliphatic rings. The minimum absolute atomic E-state index is 0.0981. The number of nitrogens with one attached hydrogen (secondary N) is 1. The Labute approximate surface area is 114 Å². The molecule has 2 atom stereocenters. The van der Waals surface area contributed by atoms with Gasteiger partial charge < -0.3 is 14.6 Å². The maximum Gasteiger partial charge on any atom is 0.263 e. The van der Waals surface area contributed by atoms with Crippen LogP contribution in [-0.2, 0) is 10.2 Å². The van der Waals surface area contributed by atoms with Crippen molar-refractivity contribution in [2.45, 2.75) is 64.0 Å². The average Bonchev–Trinajstić information content (AvgIpc) is 3.09. The van der Waals surface area contributed by atoms with Crippen LogP contribution < -0.4 is 5.32 Å². The van der Waals surface area contributed by atoms with E-state index in [-0.39, 0.29) is 5.41 Å². The van der Waals surface area contributed by atoms with Crippen molar-refractivity contribution in [3.63, 3.8) is 0 Å². The van der Waals surface area contributed by atoms with Crippen LogP contribution in [0.2, 0.25) is 0 Å². The lowest BCUT2D eigenvalue weighted by atomic mass is 9.97. The first-order valence-electron chi connectivity index (χ1n) is 7.25. The zero-order chi connectivity index (χ0) is 13.5. The van der Waals surface area contributed by atoms with Crippen molar-refractivity contribution >= 4 is 5.95 Å². The van der Waals surface area contributed by atoms with Crippen LogP contribution in [0.5, 0.6) is 0 Å². The normalized spacial score (nSPS) is 28.4. The van der Waals surface area contributed by atoms with E-state index in [4.69, 9.17) is 9.26 Å². The lowest BCUT2D eigenvalue weighted by molar-refractivity contribution is -0.00230. The quantitative estimate of drug-likeness (QED) is 0.910. The minimum atomic E-state index is -0.0981. The van der Waals surface area contributed by atoms with Gasteiger partial charge in [0.2, 0.25) is 5.89 Å². The van der Waals surface area contributed by atoms with E-state index in [0.29, 0.717) is 24.0 Å². The summed E-state index contributed by atoms with van der Waals surface area (Å²) in [5.41, 5.74) is -0.0981. The molecule has 2 unspecified atom stereocenters. The fraction of sp³-hybridized carbons (Fsp3) is 0.857. The van der Waals surface area contributed by atoms with Gasteiger partial charge in [-0.2, -0.15) is 4.98 Å². The van der Waals surface area contributed by atoms with Crippen molar-refractivity contribution in [2.75, 3.05) is 11.9 Å². The molecule has 5 heteroatoms. The fourth-order valence-corrected chi connectivity index (χ4v) is 2.52. The lowest BCUT2D eigenvalue weighted by Gasteiger charge is -2.29. The molecular formula is C14H23N3O2. The second-order valence-corrected chi connectivity index (χ2v) is 6.79. The van der Waals surface area contributed by atoms with E-state index in [1.54, 1.807) is 0 Å². The zero-order valence-corrected chi connectivity index (χ0v) is 12.0. The third-order valence-corrected chi connectivity index (χ3v) is 3.86. The highest BCUT2D eigenvalue weighted by Crippen LogP contribution is 2.38. The Morgan fingerprint density at radius 2 is 2.00 bits per heavy atom. The Balaban J connectivity index is 1.59. The number of aromatic nitrogens is 2. The molecule has 3 rings (SSSR count). The molecule has 1 saturated heterocycles. The van der Waals surface area contributed by atoms with Gasteiger partial charge in [-0.05, 0) is 36.8 Å². The molecule has 1 aliphatic heterocycles. The molecule has 0 radical (unpaired) electrons. The molecule has 19 heavy (non-hydrogen) atoms. The monoisotopic (exact) mass is 265 g/mol. The van der Waals surface area contributed by atoms with Crippen LogP contribution in [0.4, 0.5) is 5.95 Å². The second-order valence-electron chi connectivity index (χ2n) is 6.79. The van der Waals surface area contributed by atoms with Crippen molar-refractivity contribution in [2.24, 2.45) is 5.92 Å². The number of hydrogen-bond donors (Lipinski definition) is 1. The van der Waals surface area contributed by atoms with Gasteiger partial charge >= 0.3 is 0 Å². The standard InChI is InChI=1S/C14H23N3O2/c1-14(2,3)12-16-13(17-19-12)15-10-6-7-18-11(8-10)9-4-5-9/h9-11H,4-8H2,1-3H3,(H,15,17). The topological polar surface area (TPSA) is 60.2 Å². The van der Waals surface area contributed by atoms with Crippen LogP contribution in [0.15, 0.2) is 4.52 Å². The summed E-state index contributed by atoms with van der Waals surface area (Å²) in [6, 6.07) is 0.407. The number of rotatable bonds is 3. The number of nitrogens with zero attached hydrogens (tertiary/aromatic N) is 2. The van der Waals surface area contributed by atoms with Gasteiger partial charge in [-0.25, -0.2) is 0 Å². The van der Waals surface area contributed by atoms with Gasteiger partial charge in [0, 0.05) is 18.1 Å². The van der Waals surface area contributed by atoms with Crippen LogP contribution in [-0.4, -0.2) is 28.9 Å². The van der Waals surface area contributed by atoms with Crippen LogP contribution >= 0.6 is 0 Å². The maximum atomic E-state index is 5.83. The van der Waals surface area contributed by atoms with E-state index in [0.717, 1.165) is 25.4 Å². The zero-order valence-electron chi connectivity index (χ0n) is 12.0. The Morgan fingerprint density at radius 3 is 2.63 bits per heavy atom. The fourth-order valence-electron chi connectivity index (χ4n) is 2.52. The summed E-state index contributed by atoms with van der Waals surface area (Å²) >= 11 is 0. The molecule has 0 aromatic carbocycles. The van der Waals surface area contributed by atoms with Gasteiger partial charge in [0.1, 0.15) is 0 Å². The van der Waals surface area contributed by atoms with Gasteiger partial charge in [0.25, 0.3) is 5.95 Å². The molecule has 0 amide bonds. The minimum Gasteiger partial charge on any atom is -0.378 e. The van der Waals surface area contributed by atoms with E-state index in [9.17, 15) is 0 Å². The Kier molecular flexibility index (Phi) is 3.25. The van der Waals surface area contributed by atoms with Gasteiger partial charge in [0.15, 0.2) is 0 Å². The number of anilines is 1. The lowest BCUT2D eigenvalue weighted by Crippen LogP contribution is -2.35. The molecule has 1 aromatic rings. The number of hydrogen-bond acceptors (Lipinski definition) is 5. The third-order valence-electron chi connectivity index (χ3n) is 3.86. The van der Waals surface area contributed by atoms with Crippen molar-refractivity contribution in [1.82, 2.24) is 10.1 Å². The molecule has 0 spiro atoms. The molecule has 5 nitrogen and oxygen atoms in total. The molecule has 1 aliphatic carbocycles. The molecular weight excluding hydrogens is 242 g/mol. The molecule has 1 N–H and O–H groups in total. The summed E-state index contributed by atoms with van der Waals surface area (Å²) in [5.74, 6) is 2.09. The van der Waals surface area contributed by atoms with E-state index >= 15 is 0 Å². The largest absolute Gasteiger partial charge is 0.378 e. The van der Waals surface area contributed by atoms with Crippen molar-refractivity contribution in [3.05, 3.63) is 5.89 Å². The second kappa shape index (κ2) is 4.78. The van der Waals surface area contributed by atoms with Gasteiger partial charge in [-0.15, -0.1) is 0 Å². The molecule has 2 fully saturated rings. The summed E-state index contributed by atoms with van der Waals surface area (Å²) in [4.78, 5) is 4.43. The van der Waals surface area contributed by atoms with Gasteiger partial charge in [0.05, 0.1) is 6.10 Å². The average molecular weight is 265 g/mol. The first kappa shape index (κ1) is 12.9. The summed E-state index contributed by atoms with van der Waals surface area (Å²) in [7, 11) is 0. The van der Waals surface area contributed by atoms with Crippen LogP contribution in [0.3, 0.4) is 0 Å². The molecule has 1 saturated carbocycles. The smallest absolute Gasteiger partial charge is 0.263 e. The van der Waals surface area contributed by atoms with Gasteiger partial charge in [-0.1, -0.05) is 20.8 Å². The third kappa shape index (κ3) is 3.08. The molecule has 106 valence electrons. The summed E-state index contributed by atoms with van der Waals surface area (Å²) in [5, 5.41) is 7.41. The summed E-state index contributed by atoms with van der Waals surface area (Å²) in [6.07, 6.45) is 5.16. The van der Waals surface area contributed by atoms with Crippen molar-refractivity contribution in [3.8, 4) is 0 Å². The molecule has 0 bridgehead atoms. The highest BCUT2D eigenvalue weighted by Gasteiger charge is 2.36. The van der Waals surface area contributed by atoms with E-state index in [2.05, 4.69) is 36.2 Å². The van der Waals surface area contributed by atoms with Crippen molar-refractivity contribution in [1.29, 1.82) is 0 Å². The number of ether oxygens (including phenoxy) is 1. The maximum absolute atomic E-state index is 5.83. The van der Waals surface area contributed by atoms with Crippen LogP contribution in [0, 0.1) is 5.92 Å². The first-order valence-corrected chi connectivity index (χ1v) is 7.25. The van der Waals surface area contributed by atoms with E-state index < -0.39 is 0 Å². The first-order chi connectivity index (χ1) is 9.02. The van der Waals surface area contributed by atoms with E-state index in [1.807, 2.05) is 0 Å². The SMILES string of the molecule is CC(C)(C)c1nc(NC2CCOC(C3CC3)C2)no1. The molecule has 2 heterocycles. The highest BCUT2D eigenvalue weighted by atomic mass is 16.5. The summed E-state index contributed by atoms with van der Waals surface area (Å²) < 4.78 is 11.1. The Bertz CT molecular complexity index is 434. The Morgan fingerprint density at radius 1 is 1.21 bits per heavy atom. The summed E-state index contributed by atoms with van der Waals surface area (Å²) in [6.45, 7) is 7.05.